The van der Waals surface area contributed by atoms with Crippen molar-refractivity contribution >= 4 is 29.9 Å². The van der Waals surface area contributed by atoms with Gasteiger partial charge in [-0.3, -0.25) is 0 Å². The first-order valence-corrected chi connectivity index (χ1v) is 9.80. The largest absolute Gasteiger partial charge is 0.477 e. The normalized spacial score (nSPS) is 12.4. The van der Waals surface area contributed by atoms with Gasteiger partial charge in [-0.15, -0.1) is 24.0 Å². The van der Waals surface area contributed by atoms with E-state index in [1.807, 2.05) is 12.1 Å². The highest BCUT2D eigenvalue weighted by molar-refractivity contribution is 14.0. The van der Waals surface area contributed by atoms with Gasteiger partial charge in [-0.1, -0.05) is 26.8 Å². The van der Waals surface area contributed by atoms with Crippen LogP contribution in [0.5, 0.6) is 5.88 Å². The lowest BCUT2D eigenvalue weighted by Gasteiger charge is -2.20. The third-order valence-electron chi connectivity index (χ3n) is 3.94. The number of aliphatic hydroxyl groups is 1. The van der Waals surface area contributed by atoms with Crippen LogP contribution in [0.15, 0.2) is 23.3 Å². The van der Waals surface area contributed by atoms with Crippen LogP contribution >= 0.6 is 24.0 Å². The van der Waals surface area contributed by atoms with E-state index >= 15 is 0 Å². The molecule has 7 heteroatoms. The van der Waals surface area contributed by atoms with Crippen LogP contribution in [0, 0.1) is 11.8 Å². The minimum Gasteiger partial charge on any atom is -0.477 e. The quantitative estimate of drug-likeness (QED) is 0.236. The summed E-state index contributed by atoms with van der Waals surface area (Å²) in [6, 6.07) is 3.91. The fourth-order valence-corrected chi connectivity index (χ4v) is 2.77. The summed E-state index contributed by atoms with van der Waals surface area (Å²) in [7, 11) is 0. The lowest BCUT2D eigenvalue weighted by Crippen LogP contribution is -2.40. The molecular formula is C20H37IN4O2. The molecule has 0 saturated heterocycles. The number of nitrogens with one attached hydrogen (secondary N) is 2. The molecule has 0 aromatic carbocycles. The van der Waals surface area contributed by atoms with Crippen molar-refractivity contribution in [1.29, 1.82) is 0 Å². The van der Waals surface area contributed by atoms with Gasteiger partial charge < -0.3 is 20.5 Å². The van der Waals surface area contributed by atoms with E-state index in [1.54, 1.807) is 6.20 Å². The van der Waals surface area contributed by atoms with Crippen LogP contribution in [0.3, 0.4) is 0 Å². The van der Waals surface area contributed by atoms with E-state index in [9.17, 15) is 5.11 Å². The molecule has 0 aliphatic carbocycles. The molecule has 0 fully saturated rings. The summed E-state index contributed by atoms with van der Waals surface area (Å²) in [5.41, 5.74) is 0.979. The number of aliphatic imine (C=N–C) groups is 1. The maximum Gasteiger partial charge on any atom is 0.218 e. The van der Waals surface area contributed by atoms with E-state index in [4.69, 9.17) is 4.74 Å². The number of hydrogen-bond acceptors (Lipinski definition) is 4. The number of pyridine rings is 1. The molecule has 27 heavy (non-hydrogen) atoms. The van der Waals surface area contributed by atoms with E-state index in [0.29, 0.717) is 30.9 Å². The van der Waals surface area contributed by atoms with Gasteiger partial charge in [0.05, 0.1) is 13.2 Å². The second-order valence-corrected chi connectivity index (χ2v) is 6.90. The molecule has 1 unspecified atom stereocenters. The van der Waals surface area contributed by atoms with Crippen molar-refractivity contribution < 1.29 is 9.84 Å². The second-order valence-electron chi connectivity index (χ2n) is 6.90. The third kappa shape index (κ3) is 11.4. The molecule has 1 rings (SSSR count). The lowest BCUT2D eigenvalue weighted by molar-refractivity contribution is 0.243. The minimum absolute atomic E-state index is 0. The van der Waals surface area contributed by atoms with Gasteiger partial charge in [-0.25, -0.2) is 9.98 Å². The number of hydrogen-bond donors (Lipinski definition) is 3. The number of nitrogens with zero attached hydrogens (tertiary/aromatic N) is 2. The van der Waals surface area contributed by atoms with Gasteiger partial charge in [0.15, 0.2) is 5.96 Å². The molecule has 0 saturated carbocycles. The Hall–Kier alpha value is -1.09. The number of halogens is 1. The van der Waals surface area contributed by atoms with Crippen LogP contribution in [0.4, 0.5) is 0 Å². The van der Waals surface area contributed by atoms with E-state index in [1.165, 1.54) is 0 Å². The van der Waals surface area contributed by atoms with Crippen molar-refractivity contribution in [3.05, 3.63) is 23.9 Å². The predicted octanol–water partition coefficient (Wildman–Crippen LogP) is 3.59. The monoisotopic (exact) mass is 492 g/mol. The van der Waals surface area contributed by atoms with Crippen LogP contribution in [0.25, 0.3) is 0 Å². The number of aromatic nitrogens is 1. The molecule has 0 bridgehead atoms. The fourth-order valence-electron chi connectivity index (χ4n) is 2.77. The van der Waals surface area contributed by atoms with Crippen molar-refractivity contribution in [2.45, 2.75) is 53.5 Å². The topological polar surface area (TPSA) is 78.8 Å². The van der Waals surface area contributed by atoms with Crippen molar-refractivity contribution in [2.75, 3.05) is 26.3 Å². The van der Waals surface area contributed by atoms with Gasteiger partial charge in [0.2, 0.25) is 5.88 Å². The summed E-state index contributed by atoms with van der Waals surface area (Å²) in [5, 5.41) is 16.0. The Balaban J connectivity index is 0.00000676. The highest BCUT2D eigenvalue weighted by Gasteiger charge is 2.12. The molecule has 1 atom stereocenters. The molecule has 3 N–H and O–H groups in total. The van der Waals surface area contributed by atoms with E-state index in [2.05, 4.69) is 48.3 Å². The Morgan fingerprint density at radius 1 is 1.30 bits per heavy atom. The van der Waals surface area contributed by atoms with Crippen LogP contribution in [-0.2, 0) is 6.54 Å². The maximum absolute atomic E-state index is 9.28. The number of aliphatic hydroxyl groups excluding tert-OH is 1. The summed E-state index contributed by atoms with van der Waals surface area (Å²) < 4.78 is 5.70. The zero-order valence-corrected chi connectivity index (χ0v) is 19.5. The summed E-state index contributed by atoms with van der Waals surface area (Å²) in [6.07, 6.45) is 4.59. The summed E-state index contributed by atoms with van der Waals surface area (Å²) in [5.74, 6) is 2.49. The Labute approximate surface area is 181 Å². The average Bonchev–Trinajstić information content (AvgIpc) is 2.62. The SMILES string of the molecule is CCCOc1ncccc1CN=C(NCC)NCC(CCO)CC(C)C.I. The molecule has 0 spiro atoms. The van der Waals surface area contributed by atoms with Gasteiger partial charge >= 0.3 is 0 Å². The Bertz CT molecular complexity index is 526. The average molecular weight is 492 g/mol. The molecule has 1 aromatic rings. The molecule has 0 amide bonds. The van der Waals surface area contributed by atoms with E-state index in [0.717, 1.165) is 43.9 Å². The third-order valence-corrected chi connectivity index (χ3v) is 3.94. The van der Waals surface area contributed by atoms with Crippen molar-refractivity contribution in [2.24, 2.45) is 16.8 Å². The van der Waals surface area contributed by atoms with Crippen molar-refractivity contribution in [1.82, 2.24) is 15.6 Å². The lowest BCUT2D eigenvalue weighted by atomic mass is 9.94. The number of guanidine groups is 1. The molecule has 0 aliphatic heterocycles. The van der Waals surface area contributed by atoms with Gasteiger partial charge in [-0.2, -0.15) is 0 Å². The van der Waals surface area contributed by atoms with Crippen molar-refractivity contribution in [3.8, 4) is 5.88 Å². The number of ether oxygens (including phenoxy) is 1. The second kappa shape index (κ2) is 15.9. The smallest absolute Gasteiger partial charge is 0.218 e. The van der Waals surface area contributed by atoms with E-state index < -0.39 is 0 Å². The molecule has 6 nitrogen and oxygen atoms in total. The Morgan fingerprint density at radius 2 is 2.07 bits per heavy atom. The highest BCUT2D eigenvalue weighted by atomic mass is 127. The number of rotatable bonds is 12. The van der Waals surface area contributed by atoms with Gasteiger partial charge in [0, 0.05) is 31.5 Å². The molecule has 0 aliphatic rings. The molecule has 1 heterocycles. The summed E-state index contributed by atoms with van der Waals surface area (Å²) in [6.45, 7) is 11.5. The molecule has 1 aromatic heterocycles. The highest BCUT2D eigenvalue weighted by Crippen LogP contribution is 2.16. The first kappa shape index (κ1) is 25.9. The first-order chi connectivity index (χ1) is 12.6. The van der Waals surface area contributed by atoms with Crippen molar-refractivity contribution in [3.63, 3.8) is 0 Å². The van der Waals surface area contributed by atoms with Crippen LogP contribution in [0.1, 0.15) is 52.5 Å². The van der Waals surface area contributed by atoms with Crippen LogP contribution in [-0.4, -0.2) is 42.4 Å². The van der Waals surface area contributed by atoms with Gasteiger partial charge in [0.1, 0.15) is 0 Å². The molecule has 156 valence electrons. The zero-order chi connectivity index (χ0) is 19.2. The van der Waals surface area contributed by atoms with Crippen LogP contribution < -0.4 is 15.4 Å². The standard InChI is InChI=1S/C20H36N4O2.HI/c1-5-12-26-19-18(8-7-10-22-19)15-24-20(21-6-2)23-14-17(9-11-25)13-16(3)4;/h7-8,10,16-17,25H,5-6,9,11-15H2,1-4H3,(H2,21,23,24);1H. The predicted molar refractivity (Wildman–Crippen MR) is 123 cm³/mol. The first-order valence-electron chi connectivity index (χ1n) is 9.80. The Kier molecular flexibility index (Phi) is 15.3. The zero-order valence-electron chi connectivity index (χ0n) is 17.2. The van der Waals surface area contributed by atoms with Gasteiger partial charge in [-0.05, 0) is 44.1 Å². The Morgan fingerprint density at radius 3 is 2.70 bits per heavy atom. The molecular weight excluding hydrogens is 455 g/mol. The summed E-state index contributed by atoms with van der Waals surface area (Å²) >= 11 is 0. The van der Waals surface area contributed by atoms with E-state index in [-0.39, 0.29) is 30.6 Å². The maximum atomic E-state index is 9.28. The minimum atomic E-state index is 0. The van der Waals surface area contributed by atoms with Gasteiger partial charge in [0.25, 0.3) is 0 Å². The molecule has 0 radical (unpaired) electrons. The summed E-state index contributed by atoms with van der Waals surface area (Å²) in [4.78, 5) is 8.99. The van der Waals surface area contributed by atoms with Crippen LogP contribution in [0.2, 0.25) is 0 Å². The fraction of sp³-hybridized carbons (Fsp3) is 0.700.